The van der Waals surface area contributed by atoms with Gasteiger partial charge in [0.2, 0.25) is 6.41 Å². The van der Waals surface area contributed by atoms with Crippen molar-refractivity contribution in [3.8, 4) is 0 Å². The molecule has 2 saturated heterocycles. The Morgan fingerprint density at radius 2 is 1.44 bits per heavy atom. The van der Waals surface area contributed by atoms with Crippen LogP contribution in [0.3, 0.4) is 0 Å². The van der Waals surface area contributed by atoms with Gasteiger partial charge in [0.15, 0.2) is 0 Å². The topological polar surface area (TPSA) is 64.2 Å². The SMILES string of the molecule is O=CN1CCN(C(=O)C(=O)N2CCN(c3cccc(Cl)c3)CC2)CC1. The first-order chi connectivity index (χ1) is 12.1. The number of nitrogens with zero attached hydrogens (tertiary/aromatic N) is 4. The van der Waals surface area contributed by atoms with Gasteiger partial charge >= 0.3 is 11.8 Å². The van der Waals surface area contributed by atoms with Gasteiger partial charge in [-0.3, -0.25) is 14.4 Å². The minimum atomic E-state index is -0.471. The maximum Gasteiger partial charge on any atom is 0.312 e. The predicted octanol–water partition coefficient (Wildman–Crippen LogP) is 0.289. The highest BCUT2D eigenvalue weighted by atomic mass is 35.5. The maximum absolute atomic E-state index is 12.5. The Morgan fingerprint density at radius 3 is 1.96 bits per heavy atom. The molecule has 0 spiro atoms. The van der Waals surface area contributed by atoms with E-state index in [1.165, 1.54) is 4.90 Å². The zero-order valence-electron chi connectivity index (χ0n) is 13.9. The minimum absolute atomic E-state index is 0.409. The molecule has 2 aliphatic heterocycles. The van der Waals surface area contributed by atoms with Crippen LogP contribution in [0.25, 0.3) is 0 Å². The molecule has 25 heavy (non-hydrogen) atoms. The average molecular weight is 365 g/mol. The highest BCUT2D eigenvalue weighted by molar-refractivity contribution is 6.35. The third-order valence-electron chi connectivity index (χ3n) is 4.67. The average Bonchev–Trinajstić information content (AvgIpc) is 2.67. The van der Waals surface area contributed by atoms with Crippen LogP contribution in [-0.4, -0.2) is 85.3 Å². The molecular weight excluding hydrogens is 344 g/mol. The van der Waals surface area contributed by atoms with E-state index in [0.717, 1.165) is 12.1 Å². The smallest absolute Gasteiger partial charge is 0.312 e. The highest BCUT2D eigenvalue weighted by Gasteiger charge is 2.31. The molecule has 0 aromatic heterocycles. The second-order valence-electron chi connectivity index (χ2n) is 6.19. The van der Waals surface area contributed by atoms with E-state index in [9.17, 15) is 14.4 Å². The Morgan fingerprint density at radius 1 is 0.880 bits per heavy atom. The van der Waals surface area contributed by atoms with E-state index in [0.29, 0.717) is 57.4 Å². The zero-order chi connectivity index (χ0) is 17.8. The van der Waals surface area contributed by atoms with E-state index in [1.54, 1.807) is 9.80 Å². The van der Waals surface area contributed by atoms with Crippen molar-refractivity contribution in [2.24, 2.45) is 0 Å². The van der Waals surface area contributed by atoms with E-state index in [1.807, 2.05) is 24.3 Å². The number of rotatable bonds is 2. The number of hydrogen-bond acceptors (Lipinski definition) is 4. The Labute approximate surface area is 151 Å². The summed E-state index contributed by atoms with van der Waals surface area (Å²) in [7, 11) is 0. The lowest BCUT2D eigenvalue weighted by atomic mass is 10.2. The van der Waals surface area contributed by atoms with Crippen LogP contribution in [0.15, 0.2) is 24.3 Å². The maximum atomic E-state index is 12.5. The van der Waals surface area contributed by atoms with Crippen LogP contribution in [0.2, 0.25) is 5.02 Å². The van der Waals surface area contributed by atoms with Gasteiger partial charge in [-0.25, -0.2) is 0 Å². The van der Waals surface area contributed by atoms with Gasteiger partial charge in [-0.2, -0.15) is 0 Å². The summed E-state index contributed by atoms with van der Waals surface area (Å²) >= 11 is 6.02. The molecule has 0 radical (unpaired) electrons. The van der Waals surface area contributed by atoms with Crippen molar-refractivity contribution >= 4 is 35.5 Å². The second kappa shape index (κ2) is 7.74. The molecule has 0 unspecified atom stereocenters. The van der Waals surface area contributed by atoms with E-state index in [2.05, 4.69) is 4.90 Å². The fourth-order valence-corrected chi connectivity index (χ4v) is 3.33. The molecule has 3 amide bonds. The normalized spacial score (nSPS) is 18.3. The number of carbonyl (C=O) groups excluding carboxylic acids is 3. The Hall–Kier alpha value is -2.28. The minimum Gasteiger partial charge on any atom is -0.368 e. The summed E-state index contributed by atoms with van der Waals surface area (Å²) in [5.41, 5.74) is 1.02. The van der Waals surface area contributed by atoms with Crippen molar-refractivity contribution in [1.82, 2.24) is 14.7 Å². The first-order valence-electron chi connectivity index (χ1n) is 8.36. The number of halogens is 1. The number of carbonyl (C=O) groups is 3. The number of benzene rings is 1. The fraction of sp³-hybridized carbons (Fsp3) is 0.471. The molecule has 0 saturated carbocycles. The van der Waals surface area contributed by atoms with E-state index < -0.39 is 11.8 Å². The van der Waals surface area contributed by atoms with Crippen LogP contribution in [0.4, 0.5) is 5.69 Å². The molecule has 0 bridgehead atoms. The molecule has 3 rings (SSSR count). The largest absolute Gasteiger partial charge is 0.368 e. The highest BCUT2D eigenvalue weighted by Crippen LogP contribution is 2.21. The summed E-state index contributed by atoms with van der Waals surface area (Å²) in [6.45, 7) is 4.11. The van der Waals surface area contributed by atoms with Crippen molar-refractivity contribution in [3.05, 3.63) is 29.3 Å². The monoisotopic (exact) mass is 364 g/mol. The third-order valence-corrected chi connectivity index (χ3v) is 4.91. The molecule has 0 aliphatic carbocycles. The molecule has 8 heteroatoms. The van der Waals surface area contributed by atoms with Gasteiger partial charge in [0.05, 0.1) is 0 Å². The number of piperazine rings is 2. The summed E-state index contributed by atoms with van der Waals surface area (Å²) in [6.07, 6.45) is 0.776. The van der Waals surface area contributed by atoms with Crippen LogP contribution < -0.4 is 4.90 Å². The van der Waals surface area contributed by atoms with Gasteiger partial charge in [-0.1, -0.05) is 17.7 Å². The molecule has 0 atom stereocenters. The molecule has 1 aromatic rings. The molecule has 134 valence electrons. The van der Waals surface area contributed by atoms with Gasteiger partial charge in [-0.15, -0.1) is 0 Å². The van der Waals surface area contributed by atoms with Crippen molar-refractivity contribution in [3.63, 3.8) is 0 Å². The van der Waals surface area contributed by atoms with Crippen molar-refractivity contribution in [1.29, 1.82) is 0 Å². The lowest BCUT2D eigenvalue weighted by molar-refractivity contribution is -0.153. The van der Waals surface area contributed by atoms with Gasteiger partial charge in [0.25, 0.3) is 0 Å². The van der Waals surface area contributed by atoms with Crippen LogP contribution in [0, 0.1) is 0 Å². The van der Waals surface area contributed by atoms with Crippen molar-refractivity contribution < 1.29 is 14.4 Å². The van der Waals surface area contributed by atoms with E-state index in [4.69, 9.17) is 11.6 Å². The molecule has 2 heterocycles. The van der Waals surface area contributed by atoms with Crippen LogP contribution >= 0.6 is 11.6 Å². The summed E-state index contributed by atoms with van der Waals surface area (Å²) < 4.78 is 0. The summed E-state index contributed by atoms with van der Waals surface area (Å²) in [5, 5.41) is 0.681. The predicted molar refractivity (Wildman–Crippen MR) is 94.5 cm³/mol. The van der Waals surface area contributed by atoms with Crippen molar-refractivity contribution in [2.45, 2.75) is 0 Å². The van der Waals surface area contributed by atoms with Gasteiger partial charge in [0.1, 0.15) is 0 Å². The molecule has 7 nitrogen and oxygen atoms in total. The number of amides is 3. The first-order valence-corrected chi connectivity index (χ1v) is 8.74. The molecule has 2 fully saturated rings. The number of anilines is 1. The van der Waals surface area contributed by atoms with E-state index >= 15 is 0 Å². The second-order valence-corrected chi connectivity index (χ2v) is 6.63. The number of hydrogen-bond donors (Lipinski definition) is 0. The Balaban J connectivity index is 1.53. The molecule has 2 aliphatic rings. The first kappa shape index (κ1) is 17.5. The van der Waals surface area contributed by atoms with E-state index in [-0.39, 0.29) is 0 Å². The van der Waals surface area contributed by atoms with Crippen LogP contribution in [-0.2, 0) is 14.4 Å². The van der Waals surface area contributed by atoms with Crippen LogP contribution in [0.1, 0.15) is 0 Å². The standard InChI is InChI=1S/C17H21ClN4O3/c18-14-2-1-3-15(12-14)20-8-10-22(11-9-20)17(25)16(24)21-6-4-19(13-23)5-7-21/h1-3,12-13H,4-11H2. The Kier molecular flexibility index (Phi) is 5.43. The summed E-state index contributed by atoms with van der Waals surface area (Å²) in [4.78, 5) is 42.5. The molecule has 1 aromatic carbocycles. The molecule has 0 N–H and O–H groups in total. The molecular formula is C17H21ClN4O3. The van der Waals surface area contributed by atoms with Gasteiger partial charge < -0.3 is 19.6 Å². The summed E-state index contributed by atoms with van der Waals surface area (Å²) in [5.74, 6) is -0.924. The van der Waals surface area contributed by atoms with Gasteiger partial charge in [-0.05, 0) is 18.2 Å². The van der Waals surface area contributed by atoms with Crippen molar-refractivity contribution in [2.75, 3.05) is 57.3 Å². The lowest BCUT2D eigenvalue weighted by Crippen LogP contribution is -2.56. The fourth-order valence-electron chi connectivity index (χ4n) is 3.14. The van der Waals surface area contributed by atoms with Gasteiger partial charge in [0, 0.05) is 63.1 Å². The lowest BCUT2D eigenvalue weighted by Gasteiger charge is -2.37. The third kappa shape index (κ3) is 4.04. The summed E-state index contributed by atoms with van der Waals surface area (Å²) in [6, 6.07) is 7.61. The zero-order valence-corrected chi connectivity index (χ0v) is 14.7. The Bertz CT molecular complexity index is 653. The van der Waals surface area contributed by atoms with Crippen LogP contribution in [0.5, 0.6) is 0 Å². The quantitative estimate of drug-likeness (QED) is 0.559.